The summed E-state index contributed by atoms with van der Waals surface area (Å²) in [7, 11) is 0. The summed E-state index contributed by atoms with van der Waals surface area (Å²) in [6.07, 6.45) is -32.5. The topological polar surface area (TPSA) is 897 Å². The summed E-state index contributed by atoms with van der Waals surface area (Å²) < 4.78 is 35.0. The smallest absolute Gasteiger partial charge is 0.364 e. The Hall–Kier alpha value is -11.0. The fraction of sp³-hybridized carbons (Fsp3) is 0.708. The van der Waals surface area contributed by atoms with E-state index in [1.54, 1.807) is 0 Å². The van der Waals surface area contributed by atoms with Gasteiger partial charge in [0.15, 0.2) is 12.6 Å². The average Bonchev–Trinajstić information content (AvgIpc) is 0.961. The Morgan fingerprint density at radius 3 is 1.54 bits per heavy atom. The number of ether oxygens (including phenoxy) is 6. The lowest BCUT2D eigenvalue weighted by atomic mass is 9.88. The number of aromatic amines is 1. The van der Waals surface area contributed by atoms with Gasteiger partial charge in [0.05, 0.1) is 71.1 Å². The molecule has 722 valence electrons. The van der Waals surface area contributed by atoms with Crippen LogP contribution in [0.5, 0.6) is 0 Å². The molecule has 3 saturated heterocycles. The largest absolute Gasteiger partial charge is 0.481 e. The summed E-state index contributed by atoms with van der Waals surface area (Å²) in [5.74, 6) is -30.0. The monoisotopic (exact) mass is 1840 g/mol. The van der Waals surface area contributed by atoms with Gasteiger partial charge in [0.1, 0.15) is 134 Å². The predicted molar refractivity (Wildman–Crippen MR) is 417 cm³/mol. The summed E-state index contributed by atoms with van der Waals surface area (Å²) in [5, 5.41) is 196. The van der Waals surface area contributed by atoms with Gasteiger partial charge < -0.3 is 190 Å². The van der Waals surface area contributed by atoms with Crippen molar-refractivity contribution >= 4 is 107 Å². The Morgan fingerprint density at radius 1 is 0.539 bits per heavy atom. The third-order valence-electron chi connectivity index (χ3n) is 19.9. The lowest BCUT2D eigenvalue weighted by Crippen LogP contribution is -2.70. The molecule has 27 atom stereocenters. The minimum atomic E-state index is -3.27. The van der Waals surface area contributed by atoms with E-state index in [2.05, 4.69) is 68.5 Å². The van der Waals surface area contributed by atoms with Crippen LogP contribution in [0, 0.1) is 11.8 Å². The van der Waals surface area contributed by atoms with E-state index in [1.807, 2.05) is 10.6 Å². The van der Waals surface area contributed by atoms with Crippen LogP contribution in [0.3, 0.4) is 0 Å². The van der Waals surface area contributed by atoms with E-state index in [1.165, 1.54) is 40.2 Å². The first-order valence-corrected chi connectivity index (χ1v) is 39.6. The molecule has 4 heterocycles. The fourth-order valence-electron chi connectivity index (χ4n) is 12.8. The van der Waals surface area contributed by atoms with E-state index in [9.17, 15) is 158 Å². The molecule has 3 aliphatic rings. The number of aliphatic carboxylic acids is 5. The minimum absolute atomic E-state index is 0.270. The number of H-pyrrole nitrogens is 1. The summed E-state index contributed by atoms with van der Waals surface area (Å²) in [5.41, 5.74) is 5.95. The maximum atomic E-state index is 15.0. The number of carbonyl (C=O) groups excluding carboxylic acids is 13. The molecule has 0 bridgehead atoms. The number of hydrogen-bond acceptors (Lipinski definition) is 37. The highest BCUT2D eigenvalue weighted by Crippen LogP contribution is 2.36. The molecular weight excluding hydrogens is 1730 g/mol. The summed E-state index contributed by atoms with van der Waals surface area (Å²) >= 11 is 0. The summed E-state index contributed by atoms with van der Waals surface area (Å²) in [4.78, 5) is 246. The second kappa shape index (κ2) is 51.2. The van der Waals surface area contributed by atoms with Gasteiger partial charge >= 0.3 is 29.8 Å². The Balaban J connectivity index is 1.82. The first-order valence-electron chi connectivity index (χ1n) is 39.6. The zero-order valence-corrected chi connectivity index (χ0v) is 70.2. The van der Waals surface area contributed by atoms with Crippen LogP contribution in [0.25, 0.3) is 0 Å². The van der Waals surface area contributed by atoms with Crippen molar-refractivity contribution < 1.29 is 196 Å². The van der Waals surface area contributed by atoms with Crippen molar-refractivity contribution in [3.63, 3.8) is 0 Å². The number of amides is 13. The van der Waals surface area contributed by atoms with E-state index < -0.39 is 367 Å². The first kappa shape index (κ1) is 109. The lowest BCUT2D eigenvalue weighted by molar-refractivity contribution is -0.354. The molecule has 0 aliphatic carbocycles. The molecule has 32 N–H and O–H groups in total. The van der Waals surface area contributed by atoms with Crippen LogP contribution in [0.1, 0.15) is 99.6 Å². The van der Waals surface area contributed by atoms with Gasteiger partial charge in [-0.3, -0.25) is 76.7 Å². The molecule has 0 saturated carbocycles. The average molecular weight is 1840 g/mol. The van der Waals surface area contributed by atoms with Gasteiger partial charge in [-0.15, -0.1) is 0 Å². The van der Waals surface area contributed by atoms with Gasteiger partial charge in [-0.2, -0.15) is 0 Å². The molecular formula is C72H114N16O40. The first-order chi connectivity index (χ1) is 59.8. The molecule has 56 nitrogen and oxygen atoms in total. The number of carbonyl (C=O) groups is 18. The van der Waals surface area contributed by atoms with Crippen molar-refractivity contribution in [2.45, 2.75) is 264 Å². The van der Waals surface area contributed by atoms with Crippen molar-refractivity contribution in [3.8, 4) is 0 Å². The maximum absolute atomic E-state index is 15.0. The molecule has 3 aliphatic heterocycles. The molecule has 1 aromatic rings. The van der Waals surface area contributed by atoms with Gasteiger partial charge in [0.2, 0.25) is 76.8 Å². The quantitative estimate of drug-likeness (QED) is 0.0288. The van der Waals surface area contributed by atoms with E-state index in [0.717, 1.165) is 27.7 Å². The molecule has 0 unspecified atom stereocenters. The van der Waals surface area contributed by atoms with Crippen LogP contribution < -0.4 is 74.9 Å². The molecule has 128 heavy (non-hydrogen) atoms. The predicted octanol–water partition coefficient (Wildman–Crippen LogP) is -16.2. The molecule has 4 rings (SSSR count). The Bertz CT molecular complexity index is 4000. The number of carboxylic acids is 5. The van der Waals surface area contributed by atoms with Crippen molar-refractivity contribution in [1.82, 2.24) is 79.1 Å². The summed E-state index contributed by atoms with van der Waals surface area (Å²) in [6, 6.07) is -24.3. The normalized spacial score (nSPS) is 25.2. The van der Waals surface area contributed by atoms with Crippen LogP contribution in [0.4, 0.5) is 0 Å². The van der Waals surface area contributed by atoms with Crippen molar-refractivity contribution in [1.29, 1.82) is 0 Å². The number of hydrogen-bond donors (Lipinski definition) is 31. The van der Waals surface area contributed by atoms with Crippen LogP contribution in [0.2, 0.25) is 0 Å². The third-order valence-corrected chi connectivity index (χ3v) is 19.9. The maximum Gasteiger partial charge on any atom is 0.364 e. The number of imidazole rings is 1. The Morgan fingerprint density at radius 2 is 1.05 bits per heavy atom. The van der Waals surface area contributed by atoms with Crippen molar-refractivity contribution in [2.24, 2.45) is 17.6 Å². The van der Waals surface area contributed by atoms with E-state index in [-0.39, 0.29) is 6.42 Å². The number of nitrogens with one attached hydrogen (secondary N) is 14. The second-order valence-corrected chi connectivity index (χ2v) is 30.7. The molecule has 56 heteroatoms. The standard InChI is InChI=1S/C72H114N16O40/c1-25(2)47(66(117)82-34(68(119)120)10-12-45(100)101)87-58(109)27(5)77-62(113)33(9-11-44(98)99)81-43(97)17-75-61(112)36(14-46(102)103)84-65(116)38(86-64(115)37(19-90)85-67(118)48(26(3)4)88-59(110)28(6)78-63(114)35(13-31-16-74-24-76-31)83-60(111)32(73)18-89)22-123-69-50(80-30(8)94)56(127-70-55(108)54(107)52(105)41(21-92)125-70)53(106)42(126-69)23-124-72(71(121)122)15-39(95)49(79-29(7)93)57(128-72)51(104)40(96)20-91/h16,24-28,32-42,47-57,69-70,89-92,95-96,104-108H,9-15,17-23,73H2,1-8H3,(H,74,76)(H,75,112)(H,77,113)(H,78,114)(H,79,93)(H,80,94)(H,81,97)(H,82,117)(H,83,111)(H,84,116)(H,85,118)(H,86,115)(H,87,109)(H,88,110)(H,98,99)(H,100,101)(H,102,103)(H,119,120)(H,121,122)/t27-,28-,32-,33-,34-,35-,36-,37-,38-,39-,40+,41+,42+,47-,48-,49+,50+,51-,52-,53-,54-,55+,56+,57+,69-,70-,72+/m0/s1. The number of aromatic nitrogens is 2. The van der Waals surface area contributed by atoms with E-state index in [0.29, 0.717) is 5.69 Å². The van der Waals surface area contributed by atoms with Crippen molar-refractivity contribution in [3.05, 3.63) is 18.2 Å². The number of nitrogens with zero attached hydrogens (tertiary/aromatic N) is 1. The molecule has 13 amide bonds. The van der Waals surface area contributed by atoms with E-state index >= 15 is 4.79 Å². The van der Waals surface area contributed by atoms with E-state index in [4.69, 9.17) is 39.3 Å². The molecule has 1 aromatic heterocycles. The van der Waals surface area contributed by atoms with Crippen LogP contribution in [-0.2, 0) is 121 Å². The number of nitrogens with two attached hydrogens (primary N) is 1. The summed E-state index contributed by atoms with van der Waals surface area (Å²) in [6.45, 7) is 0.658. The highest BCUT2D eigenvalue weighted by molar-refractivity contribution is 6.00. The van der Waals surface area contributed by atoms with Gasteiger partial charge in [-0.05, 0) is 38.5 Å². The van der Waals surface area contributed by atoms with Crippen molar-refractivity contribution in [2.75, 3.05) is 46.2 Å². The third kappa shape index (κ3) is 32.6. The fourth-order valence-corrected chi connectivity index (χ4v) is 12.8. The number of aliphatic hydroxyl groups is 11. The SMILES string of the molecule is CC(=O)N[C@H]1[C@@H](OC[C@H](NC(=O)[C@H](CO)NC(=O)[C@@H](NC(=O)[C@H](C)NC(=O)[C@H](Cc2cnc[nH]2)NC(=O)[C@@H](N)CO)C(C)C)C(=O)N[C@@H](CC(=O)O)C(=O)NCC(=O)N[C@@H](CCC(=O)O)C(=O)N[C@@H](C)C(=O)N[C@H](C(=O)N[C@@H](CCC(=O)O)C(=O)O)C(C)C)O[C@H](CO[C@]2(C(=O)O)C[C@H](O)[C@@H](NC(C)=O)[C@H]([C@@H](O)[C@H](O)CO)O2)[C@H](O)[C@@H]1O[C@@H]1O[C@H](CO)[C@H](O)[C@H](O)[C@H]1O. The number of carboxylic acid groups (broad SMARTS) is 5. The van der Waals surface area contributed by atoms with Gasteiger partial charge in [-0.1, -0.05) is 27.7 Å². The lowest BCUT2D eigenvalue weighted by Gasteiger charge is -2.49. The second-order valence-electron chi connectivity index (χ2n) is 30.7. The van der Waals surface area contributed by atoms with Gasteiger partial charge in [0, 0.05) is 51.4 Å². The molecule has 0 aromatic carbocycles. The zero-order chi connectivity index (χ0) is 96.8. The molecule has 0 spiro atoms. The Labute approximate surface area is 726 Å². The molecule has 3 fully saturated rings. The highest BCUT2D eigenvalue weighted by atomic mass is 16.8. The number of aliphatic hydroxyl groups excluding tert-OH is 11. The van der Waals surface area contributed by atoms with Crippen LogP contribution >= 0.6 is 0 Å². The Kier molecular flexibility index (Phi) is 43.7. The number of rotatable bonds is 52. The van der Waals surface area contributed by atoms with Crippen LogP contribution in [-0.4, -0.2) is 409 Å². The van der Waals surface area contributed by atoms with Gasteiger partial charge in [0.25, 0.3) is 5.79 Å². The minimum Gasteiger partial charge on any atom is -0.481 e. The zero-order valence-electron chi connectivity index (χ0n) is 70.2. The molecule has 0 radical (unpaired) electrons. The van der Waals surface area contributed by atoms with Gasteiger partial charge in [-0.25, -0.2) is 14.6 Å². The highest BCUT2D eigenvalue weighted by Gasteiger charge is 2.58. The van der Waals surface area contributed by atoms with Crippen LogP contribution in [0.15, 0.2) is 12.5 Å².